The average Bonchev–Trinajstić information content (AvgIpc) is 2.20. The van der Waals surface area contributed by atoms with Crippen LogP contribution in [-0.4, -0.2) is 18.5 Å². The lowest BCUT2D eigenvalue weighted by Gasteiger charge is -1.96. The van der Waals surface area contributed by atoms with Crippen LogP contribution in [0.1, 0.15) is 5.56 Å². The molecule has 0 aliphatic heterocycles. The number of nitrogens with zero attached hydrogens (tertiary/aromatic N) is 1. The molecule has 0 heterocycles. The summed E-state index contributed by atoms with van der Waals surface area (Å²) in [5.74, 6) is 5.53. The van der Waals surface area contributed by atoms with Crippen LogP contribution in [0.2, 0.25) is 0 Å². The Morgan fingerprint density at radius 1 is 1.60 bits per heavy atom. The fourth-order valence-corrected chi connectivity index (χ4v) is 1.34. The summed E-state index contributed by atoms with van der Waals surface area (Å²) in [5.41, 5.74) is 0.450. The maximum Gasteiger partial charge on any atom is 0.286 e. The molecule has 1 N–H and O–H groups in total. The normalized spacial score (nSPS) is 9.20. The first-order valence-corrected chi connectivity index (χ1v) is 5.02. The van der Waals surface area contributed by atoms with Gasteiger partial charge < -0.3 is 5.32 Å². The summed E-state index contributed by atoms with van der Waals surface area (Å²) < 4.78 is 0.674. The molecule has 0 bridgehead atoms. The Balaban J connectivity index is 3.08. The van der Waals surface area contributed by atoms with Crippen molar-refractivity contribution in [3.63, 3.8) is 0 Å². The first kappa shape index (κ1) is 11.7. The molecule has 0 atom stereocenters. The molecule has 0 fully saturated rings. The van der Waals surface area contributed by atoms with Crippen LogP contribution in [0.3, 0.4) is 0 Å². The second-order valence-electron chi connectivity index (χ2n) is 2.75. The van der Waals surface area contributed by atoms with Gasteiger partial charge >= 0.3 is 0 Å². The van der Waals surface area contributed by atoms with E-state index in [2.05, 4.69) is 33.1 Å². The van der Waals surface area contributed by atoms with Crippen molar-refractivity contribution < 1.29 is 4.92 Å². The number of rotatable bonds is 2. The third-order valence-corrected chi connectivity index (χ3v) is 2.14. The highest BCUT2D eigenvalue weighted by atomic mass is 79.9. The Bertz CT molecular complexity index is 435. The number of hydrogen-bond acceptors (Lipinski definition) is 3. The summed E-state index contributed by atoms with van der Waals surface area (Å²) in [5, 5.41) is 13.6. The largest absolute Gasteiger partial charge is 0.309 e. The molecule has 15 heavy (non-hydrogen) atoms. The van der Waals surface area contributed by atoms with Gasteiger partial charge in [-0.05, 0) is 19.2 Å². The highest BCUT2D eigenvalue weighted by molar-refractivity contribution is 9.10. The lowest BCUT2D eigenvalue weighted by Crippen LogP contribution is -2.04. The minimum absolute atomic E-state index is 0.0213. The molecule has 0 amide bonds. The van der Waals surface area contributed by atoms with Crippen molar-refractivity contribution in [2.24, 2.45) is 0 Å². The third-order valence-electron chi connectivity index (χ3n) is 1.64. The Morgan fingerprint density at radius 3 is 2.93 bits per heavy atom. The van der Waals surface area contributed by atoms with E-state index >= 15 is 0 Å². The van der Waals surface area contributed by atoms with E-state index in [1.807, 2.05) is 0 Å². The summed E-state index contributed by atoms with van der Waals surface area (Å²) in [4.78, 5) is 10.3. The van der Waals surface area contributed by atoms with E-state index in [0.29, 0.717) is 16.6 Å². The second-order valence-corrected chi connectivity index (χ2v) is 3.67. The van der Waals surface area contributed by atoms with Crippen LogP contribution in [0.25, 0.3) is 0 Å². The Labute approximate surface area is 96.0 Å². The van der Waals surface area contributed by atoms with E-state index in [9.17, 15) is 10.1 Å². The summed E-state index contributed by atoms with van der Waals surface area (Å²) in [6, 6.07) is 4.81. The van der Waals surface area contributed by atoms with Crippen molar-refractivity contribution in [1.29, 1.82) is 0 Å². The molecule has 0 spiro atoms. The number of benzene rings is 1. The second kappa shape index (κ2) is 5.49. The van der Waals surface area contributed by atoms with Crippen molar-refractivity contribution in [3.05, 3.63) is 38.3 Å². The Hall–Kier alpha value is -1.38. The number of nitrogens with one attached hydrogen (secondary N) is 1. The molecular formula is C10H9BrN2O2. The smallest absolute Gasteiger partial charge is 0.286 e. The molecule has 0 aliphatic rings. The molecule has 0 saturated carbocycles. The maximum absolute atomic E-state index is 10.7. The molecule has 0 radical (unpaired) electrons. The highest BCUT2D eigenvalue weighted by Gasteiger charge is 2.11. The lowest BCUT2D eigenvalue weighted by molar-refractivity contribution is -0.385. The molecule has 0 aromatic heterocycles. The van der Waals surface area contributed by atoms with Crippen LogP contribution in [-0.2, 0) is 0 Å². The van der Waals surface area contributed by atoms with Gasteiger partial charge in [0.1, 0.15) is 5.56 Å². The summed E-state index contributed by atoms with van der Waals surface area (Å²) >= 11 is 3.18. The van der Waals surface area contributed by atoms with E-state index in [1.165, 1.54) is 6.07 Å². The van der Waals surface area contributed by atoms with Crippen LogP contribution in [0.5, 0.6) is 0 Å². The molecule has 0 saturated heterocycles. The SMILES string of the molecule is CNCC#Cc1ccc(Br)cc1[N+](=O)[O-]. The van der Waals surface area contributed by atoms with Gasteiger partial charge in [-0.2, -0.15) is 0 Å². The molecule has 4 nitrogen and oxygen atoms in total. The van der Waals surface area contributed by atoms with Gasteiger partial charge in [0.25, 0.3) is 5.69 Å². The van der Waals surface area contributed by atoms with Crippen molar-refractivity contribution in [2.45, 2.75) is 0 Å². The predicted octanol–water partition coefficient (Wildman–Crippen LogP) is 1.93. The van der Waals surface area contributed by atoms with Crippen LogP contribution < -0.4 is 5.32 Å². The molecule has 5 heteroatoms. The van der Waals surface area contributed by atoms with Crippen LogP contribution >= 0.6 is 15.9 Å². The summed E-state index contributed by atoms with van der Waals surface area (Å²) in [6.45, 7) is 0.507. The monoisotopic (exact) mass is 268 g/mol. The minimum atomic E-state index is -0.436. The number of nitro groups is 1. The zero-order valence-electron chi connectivity index (χ0n) is 8.08. The van der Waals surface area contributed by atoms with Crippen molar-refractivity contribution in [3.8, 4) is 11.8 Å². The molecule has 1 aromatic rings. The van der Waals surface area contributed by atoms with E-state index in [4.69, 9.17) is 0 Å². The van der Waals surface area contributed by atoms with Crippen LogP contribution in [0.4, 0.5) is 5.69 Å². The van der Waals surface area contributed by atoms with Gasteiger partial charge in [-0.15, -0.1) is 0 Å². The molecular weight excluding hydrogens is 260 g/mol. The number of hydrogen-bond donors (Lipinski definition) is 1. The Morgan fingerprint density at radius 2 is 2.33 bits per heavy atom. The van der Waals surface area contributed by atoms with Crippen LogP contribution in [0.15, 0.2) is 22.7 Å². The molecule has 0 unspecified atom stereocenters. The van der Waals surface area contributed by atoms with Crippen molar-refractivity contribution >= 4 is 21.6 Å². The first-order valence-electron chi connectivity index (χ1n) is 4.22. The maximum atomic E-state index is 10.7. The molecule has 78 valence electrons. The number of halogens is 1. The average molecular weight is 269 g/mol. The van der Waals surface area contributed by atoms with Gasteiger partial charge in [-0.25, -0.2) is 0 Å². The lowest BCUT2D eigenvalue weighted by atomic mass is 10.2. The fraction of sp³-hybridized carbons (Fsp3) is 0.200. The van der Waals surface area contributed by atoms with Gasteiger partial charge in [0.15, 0.2) is 0 Å². The highest BCUT2D eigenvalue weighted by Crippen LogP contribution is 2.22. The van der Waals surface area contributed by atoms with Gasteiger partial charge in [-0.1, -0.05) is 27.8 Å². The zero-order valence-corrected chi connectivity index (χ0v) is 9.67. The van der Waals surface area contributed by atoms with Gasteiger partial charge in [0.05, 0.1) is 11.5 Å². The molecule has 1 aromatic carbocycles. The first-order chi connectivity index (χ1) is 7.15. The van der Waals surface area contributed by atoms with Crippen molar-refractivity contribution in [1.82, 2.24) is 5.32 Å². The predicted molar refractivity (Wildman–Crippen MR) is 61.6 cm³/mol. The minimum Gasteiger partial charge on any atom is -0.309 e. The van der Waals surface area contributed by atoms with Gasteiger partial charge in [-0.3, -0.25) is 10.1 Å². The topological polar surface area (TPSA) is 55.2 Å². The van der Waals surface area contributed by atoms with Gasteiger partial charge in [0.2, 0.25) is 0 Å². The van der Waals surface area contributed by atoms with E-state index in [1.54, 1.807) is 19.2 Å². The molecule has 0 aliphatic carbocycles. The van der Waals surface area contributed by atoms with E-state index < -0.39 is 4.92 Å². The fourth-order valence-electron chi connectivity index (χ4n) is 0.989. The van der Waals surface area contributed by atoms with Crippen molar-refractivity contribution in [2.75, 3.05) is 13.6 Å². The van der Waals surface area contributed by atoms with Crippen LogP contribution in [0, 0.1) is 22.0 Å². The standard InChI is InChI=1S/C10H9BrN2O2/c1-12-6-2-3-8-4-5-9(11)7-10(8)13(14)15/h4-5,7,12H,6H2,1H3. The van der Waals surface area contributed by atoms with E-state index in [-0.39, 0.29) is 5.69 Å². The summed E-state index contributed by atoms with van der Waals surface area (Å²) in [6.07, 6.45) is 0. The van der Waals surface area contributed by atoms with Gasteiger partial charge in [0, 0.05) is 10.5 Å². The zero-order chi connectivity index (χ0) is 11.3. The summed E-state index contributed by atoms with van der Waals surface area (Å²) in [7, 11) is 1.77. The third kappa shape index (κ3) is 3.35. The quantitative estimate of drug-likeness (QED) is 0.507. The number of nitro benzene ring substituents is 1. The van der Waals surface area contributed by atoms with E-state index in [0.717, 1.165) is 0 Å². The Kier molecular flexibility index (Phi) is 4.28. The molecule has 1 rings (SSSR count).